The van der Waals surface area contributed by atoms with E-state index < -0.39 is 17.8 Å². The molecule has 1 aromatic carbocycles. The molecule has 0 amide bonds. The van der Waals surface area contributed by atoms with Crippen LogP contribution in [-0.2, 0) is 0 Å². The second-order valence-corrected chi connectivity index (χ2v) is 4.77. The molecule has 0 bridgehead atoms. The van der Waals surface area contributed by atoms with Gasteiger partial charge in [0.15, 0.2) is 0 Å². The summed E-state index contributed by atoms with van der Waals surface area (Å²) in [5.41, 5.74) is 0.737. The standard InChI is InChI=1S/C14H13FOS/c1-10(15)13(11-6-3-2-4-7-11)14(16)12-8-5-9-17-12/h2-9,13-14,16H,1H2/t13-,14-/m1/s1. The van der Waals surface area contributed by atoms with E-state index in [-0.39, 0.29) is 0 Å². The Labute approximate surface area is 104 Å². The second kappa shape index (κ2) is 5.25. The summed E-state index contributed by atoms with van der Waals surface area (Å²) in [7, 11) is 0. The van der Waals surface area contributed by atoms with Crippen LogP contribution in [0.15, 0.2) is 60.3 Å². The molecular weight excluding hydrogens is 235 g/mol. The minimum Gasteiger partial charge on any atom is -0.386 e. The predicted octanol–water partition coefficient (Wildman–Crippen LogP) is 4.05. The molecule has 0 saturated carbocycles. The van der Waals surface area contributed by atoms with Gasteiger partial charge in [0.05, 0.1) is 5.92 Å². The molecule has 0 saturated heterocycles. The summed E-state index contributed by atoms with van der Waals surface area (Å²) in [6.07, 6.45) is -0.880. The smallest absolute Gasteiger partial charge is 0.103 e. The van der Waals surface area contributed by atoms with Gasteiger partial charge in [-0.2, -0.15) is 0 Å². The van der Waals surface area contributed by atoms with Crippen LogP contribution in [0, 0.1) is 0 Å². The van der Waals surface area contributed by atoms with Crippen LogP contribution >= 0.6 is 11.3 Å². The SMILES string of the molecule is C=C(F)[C@H](c1ccccc1)[C@H](O)c1cccs1. The third kappa shape index (κ3) is 2.62. The molecule has 0 aliphatic heterocycles. The van der Waals surface area contributed by atoms with E-state index in [1.165, 1.54) is 11.3 Å². The van der Waals surface area contributed by atoms with E-state index in [1.54, 1.807) is 18.2 Å². The molecule has 1 heterocycles. The highest BCUT2D eigenvalue weighted by Gasteiger charge is 2.26. The fourth-order valence-electron chi connectivity index (χ4n) is 1.82. The van der Waals surface area contributed by atoms with Crippen molar-refractivity contribution in [1.82, 2.24) is 0 Å². The minimum absolute atomic E-state index is 0.517. The first kappa shape index (κ1) is 12.0. The Kier molecular flexibility index (Phi) is 3.71. The highest BCUT2D eigenvalue weighted by molar-refractivity contribution is 7.10. The van der Waals surface area contributed by atoms with Gasteiger partial charge >= 0.3 is 0 Å². The summed E-state index contributed by atoms with van der Waals surface area (Å²) in [5.74, 6) is -1.22. The monoisotopic (exact) mass is 248 g/mol. The van der Waals surface area contributed by atoms with Crippen LogP contribution in [-0.4, -0.2) is 5.11 Å². The fraction of sp³-hybridized carbons (Fsp3) is 0.143. The summed E-state index contributed by atoms with van der Waals surface area (Å²) < 4.78 is 13.5. The van der Waals surface area contributed by atoms with Crippen LogP contribution in [0.1, 0.15) is 22.5 Å². The second-order valence-electron chi connectivity index (χ2n) is 3.80. The van der Waals surface area contributed by atoms with Gasteiger partial charge in [0.1, 0.15) is 11.9 Å². The Morgan fingerprint density at radius 3 is 2.41 bits per heavy atom. The van der Waals surface area contributed by atoms with E-state index in [9.17, 15) is 9.50 Å². The average Bonchev–Trinajstić information content (AvgIpc) is 2.83. The number of benzene rings is 1. The zero-order chi connectivity index (χ0) is 12.3. The zero-order valence-corrected chi connectivity index (χ0v) is 10.0. The lowest BCUT2D eigenvalue weighted by atomic mass is 9.92. The van der Waals surface area contributed by atoms with Gasteiger partial charge in [-0.1, -0.05) is 43.0 Å². The van der Waals surface area contributed by atoms with Gasteiger partial charge in [-0.15, -0.1) is 11.3 Å². The summed E-state index contributed by atoms with van der Waals surface area (Å²) in [4.78, 5) is 0.748. The lowest BCUT2D eigenvalue weighted by molar-refractivity contribution is 0.152. The molecule has 0 aliphatic rings. The first-order valence-corrected chi connectivity index (χ1v) is 6.19. The Morgan fingerprint density at radius 1 is 1.18 bits per heavy atom. The molecule has 2 atom stereocenters. The van der Waals surface area contributed by atoms with Crippen molar-refractivity contribution in [3.05, 3.63) is 70.7 Å². The molecule has 0 fully saturated rings. The lowest BCUT2D eigenvalue weighted by Gasteiger charge is -2.20. The molecule has 0 spiro atoms. The van der Waals surface area contributed by atoms with Crippen molar-refractivity contribution in [3.63, 3.8) is 0 Å². The number of aliphatic hydroxyl groups is 1. The van der Waals surface area contributed by atoms with Crippen molar-refractivity contribution in [3.8, 4) is 0 Å². The molecular formula is C14H13FOS. The van der Waals surface area contributed by atoms with Crippen LogP contribution in [0.4, 0.5) is 4.39 Å². The first-order valence-electron chi connectivity index (χ1n) is 5.31. The molecule has 17 heavy (non-hydrogen) atoms. The molecule has 2 rings (SSSR count). The van der Waals surface area contributed by atoms with Gasteiger partial charge in [-0.3, -0.25) is 0 Å². The van der Waals surface area contributed by atoms with Crippen LogP contribution in [0.2, 0.25) is 0 Å². The van der Waals surface area contributed by atoms with Gasteiger partial charge in [-0.05, 0) is 17.0 Å². The Morgan fingerprint density at radius 2 is 1.88 bits per heavy atom. The number of halogens is 1. The van der Waals surface area contributed by atoms with Crippen molar-refractivity contribution in [2.24, 2.45) is 0 Å². The van der Waals surface area contributed by atoms with Crippen molar-refractivity contribution in [2.75, 3.05) is 0 Å². The number of rotatable bonds is 4. The predicted molar refractivity (Wildman–Crippen MR) is 68.7 cm³/mol. The van der Waals surface area contributed by atoms with Crippen molar-refractivity contribution >= 4 is 11.3 Å². The van der Waals surface area contributed by atoms with Gasteiger partial charge in [-0.25, -0.2) is 4.39 Å². The van der Waals surface area contributed by atoms with Gasteiger partial charge in [0.2, 0.25) is 0 Å². The summed E-state index contributed by atoms with van der Waals surface area (Å²) in [5, 5.41) is 12.1. The lowest BCUT2D eigenvalue weighted by Crippen LogP contribution is -2.10. The third-order valence-corrected chi connectivity index (χ3v) is 3.59. The van der Waals surface area contributed by atoms with Crippen LogP contribution in [0.5, 0.6) is 0 Å². The molecule has 2 aromatic rings. The Hall–Kier alpha value is -1.45. The minimum atomic E-state index is -0.880. The molecule has 1 nitrogen and oxygen atoms in total. The molecule has 0 unspecified atom stereocenters. The van der Waals surface area contributed by atoms with Crippen LogP contribution in [0.25, 0.3) is 0 Å². The van der Waals surface area contributed by atoms with E-state index in [1.807, 2.05) is 29.6 Å². The maximum Gasteiger partial charge on any atom is 0.103 e. The van der Waals surface area contributed by atoms with E-state index in [4.69, 9.17) is 0 Å². The number of thiophene rings is 1. The number of hydrogen-bond acceptors (Lipinski definition) is 2. The number of aliphatic hydroxyl groups excluding tert-OH is 1. The van der Waals surface area contributed by atoms with E-state index in [2.05, 4.69) is 6.58 Å². The third-order valence-electron chi connectivity index (χ3n) is 2.65. The molecule has 0 aliphatic carbocycles. The van der Waals surface area contributed by atoms with Crippen molar-refractivity contribution < 1.29 is 9.50 Å². The van der Waals surface area contributed by atoms with Crippen LogP contribution in [0.3, 0.4) is 0 Å². The molecule has 1 N–H and O–H groups in total. The zero-order valence-electron chi connectivity index (χ0n) is 9.21. The van der Waals surface area contributed by atoms with Crippen molar-refractivity contribution in [2.45, 2.75) is 12.0 Å². The van der Waals surface area contributed by atoms with E-state index in [0.717, 1.165) is 10.4 Å². The normalized spacial score (nSPS) is 14.2. The topological polar surface area (TPSA) is 20.2 Å². The summed E-state index contributed by atoms with van der Waals surface area (Å²) in [6.45, 7) is 3.34. The average molecular weight is 248 g/mol. The number of hydrogen-bond donors (Lipinski definition) is 1. The van der Waals surface area contributed by atoms with Gasteiger partial charge in [0, 0.05) is 4.88 Å². The Bertz CT molecular complexity index is 478. The molecule has 0 radical (unpaired) electrons. The Balaban J connectivity index is 2.34. The van der Waals surface area contributed by atoms with E-state index >= 15 is 0 Å². The maximum absolute atomic E-state index is 13.5. The molecule has 88 valence electrons. The highest BCUT2D eigenvalue weighted by Crippen LogP contribution is 2.38. The maximum atomic E-state index is 13.5. The fourth-order valence-corrected chi connectivity index (χ4v) is 2.57. The van der Waals surface area contributed by atoms with E-state index in [0.29, 0.717) is 0 Å². The van der Waals surface area contributed by atoms with Crippen LogP contribution < -0.4 is 0 Å². The largest absolute Gasteiger partial charge is 0.386 e. The summed E-state index contributed by atoms with van der Waals surface area (Å²) >= 11 is 1.41. The molecule has 3 heteroatoms. The summed E-state index contributed by atoms with van der Waals surface area (Å²) in [6, 6.07) is 12.7. The van der Waals surface area contributed by atoms with Crippen molar-refractivity contribution in [1.29, 1.82) is 0 Å². The van der Waals surface area contributed by atoms with Gasteiger partial charge < -0.3 is 5.11 Å². The molecule has 1 aromatic heterocycles. The van der Waals surface area contributed by atoms with Gasteiger partial charge in [0.25, 0.3) is 0 Å². The first-order chi connectivity index (χ1) is 8.20. The highest BCUT2D eigenvalue weighted by atomic mass is 32.1. The quantitative estimate of drug-likeness (QED) is 0.865.